The van der Waals surface area contributed by atoms with Crippen LogP contribution in [0.2, 0.25) is 0 Å². The zero-order chi connectivity index (χ0) is 22.0. The van der Waals surface area contributed by atoms with E-state index in [2.05, 4.69) is 20.2 Å². The molecule has 1 aliphatic heterocycles. The Morgan fingerprint density at radius 3 is 2.74 bits per heavy atom. The Morgan fingerprint density at radius 2 is 2.06 bits per heavy atom. The molecule has 1 aliphatic rings. The summed E-state index contributed by atoms with van der Waals surface area (Å²) in [6, 6.07) is 7.23. The molecule has 10 heteroatoms. The molecule has 1 amide bonds. The summed E-state index contributed by atoms with van der Waals surface area (Å²) in [4.78, 5) is 21.9. The van der Waals surface area contributed by atoms with Crippen LogP contribution in [0.1, 0.15) is 18.0 Å². The number of fused-ring (bicyclic) bond motifs is 1. The largest absolute Gasteiger partial charge is 0.494 e. The van der Waals surface area contributed by atoms with E-state index >= 15 is 0 Å². The van der Waals surface area contributed by atoms with Crippen LogP contribution in [0, 0.1) is 11.6 Å². The molecule has 8 nitrogen and oxygen atoms in total. The first kappa shape index (κ1) is 20.7. The quantitative estimate of drug-likeness (QED) is 0.594. The maximum absolute atomic E-state index is 14.2. The van der Waals surface area contributed by atoms with E-state index in [1.54, 1.807) is 18.2 Å². The van der Waals surface area contributed by atoms with E-state index in [0.717, 1.165) is 25.6 Å². The molecule has 1 aromatic heterocycles. The molecule has 3 N–H and O–H groups in total. The van der Waals surface area contributed by atoms with Crippen molar-refractivity contribution in [1.82, 2.24) is 14.9 Å². The van der Waals surface area contributed by atoms with Crippen molar-refractivity contribution in [2.75, 3.05) is 32.1 Å². The molecular formula is C21H21F2N5O3. The van der Waals surface area contributed by atoms with Gasteiger partial charge in [0, 0.05) is 11.9 Å². The minimum absolute atomic E-state index is 0.171. The molecular weight excluding hydrogens is 408 g/mol. The number of carbonyl (C=O) groups is 1. The highest BCUT2D eigenvalue weighted by atomic mass is 19.2. The average Bonchev–Trinajstić information content (AvgIpc) is 2.71. The maximum atomic E-state index is 14.2. The number of carbonyl (C=O) groups excluding carboxylic acids is 1. The molecule has 0 bridgehead atoms. The van der Waals surface area contributed by atoms with Gasteiger partial charge in [-0.2, -0.15) is 4.39 Å². The van der Waals surface area contributed by atoms with Gasteiger partial charge in [-0.15, -0.1) is 0 Å². The minimum atomic E-state index is -1.03. The number of ether oxygens (including phenoxy) is 2. The lowest BCUT2D eigenvalue weighted by atomic mass is 10.0. The zero-order valence-corrected chi connectivity index (χ0v) is 16.8. The molecule has 2 aromatic carbocycles. The van der Waals surface area contributed by atoms with Gasteiger partial charge in [0.05, 0.1) is 13.2 Å². The second-order valence-electron chi connectivity index (χ2n) is 7.17. The number of methoxy groups -OCH3 is 1. The van der Waals surface area contributed by atoms with Crippen molar-refractivity contribution in [1.29, 1.82) is 0 Å². The number of rotatable bonds is 7. The first-order valence-corrected chi connectivity index (χ1v) is 9.69. The van der Waals surface area contributed by atoms with Crippen LogP contribution in [0.3, 0.4) is 0 Å². The molecule has 31 heavy (non-hydrogen) atoms. The Hall–Kier alpha value is -3.53. The number of para-hydroxylation sites is 1. The topological polar surface area (TPSA) is 103 Å². The van der Waals surface area contributed by atoms with E-state index in [0.29, 0.717) is 28.8 Å². The number of likely N-dealkylation sites (tertiary alicyclic amines) is 1. The number of nitrogens with two attached hydrogens (primary N) is 1. The lowest BCUT2D eigenvalue weighted by molar-refractivity contribution is 0.174. The van der Waals surface area contributed by atoms with Crippen LogP contribution in [0.25, 0.3) is 10.9 Å². The van der Waals surface area contributed by atoms with Crippen LogP contribution in [0.5, 0.6) is 11.5 Å². The van der Waals surface area contributed by atoms with Gasteiger partial charge in [0.15, 0.2) is 17.3 Å². The average molecular weight is 429 g/mol. The number of anilines is 1. The van der Waals surface area contributed by atoms with Crippen molar-refractivity contribution >= 4 is 22.8 Å². The van der Waals surface area contributed by atoms with Gasteiger partial charge in [-0.25, -0.2) is 19.2 Å². The minimum Gasteiger partial charge on any atom is -0.494 e. The summed E-state index contributed by atoms with van der Waals surface area (Å²) >= 11 is 0. The van der Waals surface area contributed by atoms with Crippen LogP contribution in [0.4, 0.5) is 19.4 Å². The van der Waals surface area contributed by atoms with Gasteiger partial charge >= 0.3 is 6.09 Å². The standard InChI is InChI=1S/C21H21F2N5O3/c1-30-17-9-12(8-14(22)18(17)23)15(10-28-6-3-7-28)27-20-13-4-2-5-16(31-21(24)29)19(13)25-11-26-20/h2,4-5,8-9,11,15H,3,6-7,10H2,1H3,(H2,24,29)(H,25,26,27)/t15-/m1/s1. The number of benzene rings is 2. The number of hydrogen-bond acceptors (Lipinski definition) is 7. The summed E-state index contributed by atoms with van der Waals surface area (Å²) in [6.07, 6.45) is 1.45. The molecule has 1 saturated heterocycles. The highest BCUT2D eigenvalue weighted by Crippen LogP contribution is 2.32. The van der Waals surface area contributed by atoms with Crippen LogP contribution < -0.4 is 20.5 Å². The van der Waals surface area contributed by atoms with Crippen molar-refractivity contribution < 1.29 is 23.0 Å². The van der Waals surface area contributed by atoms with Gasteiger partial charge in [-0.05, 0) is 49.3 Å². The van der Waals surface area contributed by atoms with Gasteiger partial charge in [0.25, 0.3) is 0 Å². The third kappa shape index (κ3) is 4.33. The number of halogens is 2. The fourth-order valence-corrected chi connectivity index (χ4v) is 3.52. The molecule has 1 fully saturated rings. The molecule has 3 aromatic rings. The molecule has 1 atom stereocenters. The molecule has 0 spiro atoms. The summed E-state index contributed by atoms with van der Waals surface area (Å²) in [5.41, 5.74) is 6.04. The number of nitrogens with zero attached hydrogens (tertiary/aromatic N) is 3. The normalized spacial score (nSPS) is 14.7. The van der Waals surface area contributed by atoms with E-state index < -0.39 is 23.8 Å². The number of primary amides is 1. The number of amides is 1. The molecule has 0 aliphatic carbocycles. The van der Waals surface area contributed by atoms with Crippen LogP contribution >= 0.6 is 0 Å². The first-order valence-electron chi connectivity index (χ1n) is 9.69. The number of nitrogens with one attached hydrogen (secondary N) is 1. The molecule has 0 saturated carbocycles. The summed E-state index contributed by atoms with van der Waals surface area (Å²) in [7, 11) is 1.29. The third-order valence-electron chi connectivity index (χ3n) is 5.18. The maximum Gasteiger partial charge on any atom is 0.410 e. The van der Waals surface area contributed by atoms with Crippen LogP contribution in [-0.4, -0.2) is 47.7 Å². The lowest BCUT2D eigenvalue weighted by Crippen LogP contribution is -2.41. The molecule has 162 valence electrons. The van der Waals surface area contributed by atoms with Crippen molar-refractivity contribution in [2.24, 2.45) is 5.73 Å². The Morgan fingerprint density at radius 1 is 1.26 bits per heavy atom. The van der Waals surface area contributed by atoms with Gasteiger partial charge in [-0.1, -0.05) is 6.07 Å². The Labute approximate surface area is 177 Å². The van der Waals surface area contributed by atoms with Gasteiger partial charge < -0.3 is 25.4 Å². The van der Waals surface area contributed by atoms with Gasteiger partial charge in [-0.3, -0.25) is 0 Å². The predicted molar refractivity (Wildman–Crippen MR) is 110 cm³/mol. The second kappa shape index (κ2) is 8.68. The highest BCUT2D eigenvalue weighted by Gasteiger charge is 2.24. The van der Waals surface area contributed by atoms with E-state index in [9.17, 15) is 13.6 Å². The van der Waals surface area contributed by atoms with E-state index in [1.807, 2.05) is 0 Å². The predicted octanol–water partition coefficient (Wildman–Crippen LogP) is 3.23. The number of hydrogen-bond donors (Lipinski definition) is 2. The van der Waals surface area contributed by atoms with E-state index in [-0.39, 0.29) is 11.5 Å². The highest BCUT2D eigenvalue weighted by molar-refractivity contribution is 5.94. The van der Waals surface area contributed by atoms with E-state index in [4.69, 9.17) is 15.2 Å². The second-order valence-corrected chi connectivity index (χ2v) is 7.17. The summed E-state index contributed by atoms with van der Waals surface area (Å²) in [5, 5.41) is 3.89. The smallest absolute Gasteiger partial charge is 0.410 e. The summed E-state index contributed by atoms with van der Waals surface area (Å²) in [6.45, 7) is 2.39. The number of aromatic nitrogens is 2. The lowest BCUT2D eigenvalue weighted by Gasteiger charge is -2.35. The van der Waals surface area contributed by atoms with Crippen LogP contribution in [0.15, 0.2) is 36.7 Å². The summed E-state index contributed by atoms with van der Waals surface area (Å²) in [5.74, 6) is -1.54. The molecule has 4 rings (SSSR count). The van der Waals surface area contributed by atoms with Crippen LogP contribution in [-0.2, 0) is 0 Å². The fourth-order valence-electron chi connectivity index (χ4n) is 3.52. The van der Waals surface area contributed by atoms with Gasteiger partial charge in [0.1, 0.15) is 17.7 Å². The van der Waals surface area contributed by atoms with Crippen molar-refractivity contribution in [3.8, 4) is 11.5 Å². The summed E-state index contributed by atoms with van der Waals surface area (Å²) < 4.78 is 38.2. The SMILES string of the molecule is COc1cc([C@@H](CN2CCC2)Nc2ncnc3c(OC(N)=O)cccc23)cc(F)c1F. The fraction of sp³-hybridized carbons (Fsp3) is 0.286. The monoisotopic (exact) mass is 429 g/mol. The molecule has 2 heterocycles. The zero-order valence-electron chi connectivity index (χ0n) is 16.8. The molecule has 0 unspecified atom stereocenters. The van der Waals surface area contributed by atoms with Crippen molar-refractivity contribution in [2.45, 2.75) is 12.5 Å². The molecule has 0 radical (unpaired) electrons. The Balaban J connectivity index is 1.73. The Bertz CT molecular complexity index is 1120. The van der Waals surface area contributed by atoms with Gasteiger partial charge in [0.2, 0.25) is 5.82 Å². The first-order chi connectivity index (χ1) is 15.0. The van der Waals surface area contributed by atoms with Crippen molar-refractivity contribution in [3.63, 3.8) is 0 Å². The Kier molecular flexibility index (Phi) is 5.81. The third-order valence-corrected chi connectivity index (χ3v) is 5.18. The van der Waals surface area contributed by atoms with E-state index in [1.165, 1.54) is 19.5 Å². The van der Waals surface area contributed by atoms with Crippen molar-refractivity contribution in [3.05, 3.63) is 53.9 Å².